The highest BCUT2D eigenvalue weighted by molar-refractivity contribution is 7.89. The molecule has 2 rings (SSSR count). The fraction of sp³-hybridized carbons (Fsp3) is 0.312. The van der Waals surface area contributed by atoms with Crippen molar-refractivity contribution >= 4 is 33.2 Å². The maximum Gasteiger partial charge on any atom is 0.259 e. The number of benzene rings is 1. The van der Waals surface area contributed by atoms with Crippen LogP contribution in [0.2, 0.25) is 5.02 Å². The average Bonchev–Trinajstić information content (AvgIpc) is 2.96. The first-order chi connectivity index (χ1) is 11.3. The van der Waals surface area contributed by atoms with Crippen molar-refractivity contribution in [2.75, 3.05) is 18.4 Å². The maximum absolute atomic E-state index is 12.6. The van der Waals surface area contributed by atoms with E-state index in [1.807, 2.05) is 0 Å². The minimum atomic E-state index is -3.63. The second-order valence-corrected chi connectivity index (χ2v) is 7.42. The standard InChI is InChI=1S/C16H19ClN2O4S/c1-4-19(5-2)24(21,22)12-6-7-14(17)15(10-12)18-16(20)13-8-9-23-11(13)3/h6-10H,4-5H2,1-3H3,(H,18,20). The minimum Gasteiger partial charge on any atom is -0.469 e. The molecule has 0 spiro atoms. The Balaban J connectivity index is 2.36. The molecule has 130 valence electrons. The zero-order valence-electron chi connectivity index (χ0n) is 13.7. The second kappa shape index (κ2) is 7.38. The van der Waals surface area contributed by atoms with Crippen molar-refractivity contribution in [2.24, 2.45) is 0 Å². The third kappa shape index (κ3) is 3.63. The molecule has 0 saturated carbocycles. The van der Waals surface area contributed by atoms with Crippen LogP contribution in [0.3, 0.4) is 0 Å². The first-order valence-corrected chi connectivity index (χ1v) is 9.28. The zero-order valence-corrected chi connectivity index (χ0v) is 15.2. The fourth-order valence-corrected chi connectivity index (χ4v) is 3.93. The highest BCUT2D eigenvalue weighted by atomic mass is 35.5. The lowest BCUT2D eigenvalue weighted by Crippen LogP contribution is -2.30. The summed E-state index contributed by atoms with van der Waals surface area (Å²) in [5, 5.41) is 2.88. The zero-order chi connectivity index (χ0) is 17.9. The van der Waals surface area contributed by atoms with Crippen LogP contribution in [0.1, 0.15) is 30.0 Å². The number of sulfonamides is 1. The van der Waals surface area contributed by atoms with Gasteiger partial charge in [-0.1, -0.05) is 25.4 Å². The highest BCUT2D eigenvalue weighted by Gasteiger charge is 2.23. The Morgan fingerprint density at radius 1 is 1.25 bits per heavy atom. The molecule has 0 unspecified atom stereocenters. The van der Waals surface area contributed by atoms with E-state index in [2.05, 4.69) is 5.32 Å². The molecular weight excluding hydrogens is 352 g/mol. The number of rotatable bonds is 6. The van der Waals surface area contributed by atoms with Crippen molar-refractivity contribution in [1.82, 2.24) is 4.31 Å². The first-order valence-electron chi connectivity index (χ1n) is 7.46. The number of halogens is 1. The Morgan fingerprint density at radius 2 is 1.92 bits per heavy atom. The monoisotopic (exact) mass is 370 g/mol. The number of furan rings is 1. The second-order valence-electron chi connectivity index (χ2n) is 5.08. The van der Waals surface area contributed by atoms with E-state index in [1.54, 1.807) is 20.8 Å². The molecule has 8 heteroatoms. The van der Waals surface area contributed by atoms with Gasteiger partial charge in [0.2, 0.25) is 10.0 Å². The van der Waals surface area contributed by atoms with Gasteiger partial charge in [0, 0.05) is 13.1 Å². The van der Waals surface area contributed by atoms with Gasteiger partial charge in [-0.25, -0.2) is 8.42 Å². The van der Waals surface area contributed by atoms with Crippen molar-refractivity contribution in [3.8, 4) is 0 Å². The van der Waals surface area contributed by atoms with E-state index < -0.39 is 15.9 Å². The van der Waals surface area contributed by atoms with Gasteiger partial charge in [0.05, 0.1) is 27.4 Å². The van der Waals surface area contributed by atoms with Crippen LogP contribution < -0.4 is 5.32 Å². The van der Waals surface area contributed by atoms with Gasteiger partial charge in [-0.3, -0.25) is 4.79 Å². The Kier molecular flexibility index (Phi) is 5.69. The number of aryl methyl sites for hydroxylation is 1. The van der Waals surface area contributed by atoms with Crippen LogP contribution in [0.25, 0.3) is 0 Å². The van der Waals surface area contributed by atoms with E-state index in [-0.39, 0.29) is 15.6 Å². The summed E-state index contributed by atoms with van der Waals surface area (Å²) in [6, 6.07) is 5.78. The van der Waals surface area contributed by atoms with Crippen LogP contribution in [-0.2, 0) is 10.0 Å². The lowest BCUT2D eigenvalue weighted by Gasteiger charge is -2.19. The third-order valence-electron chi connectivity index (χ3n) is 3.63. The van der Waals surface area contributed by atoms with Gasteiger partial charge in [-0.05, 0) is 31.2 Å². The summed E-state index contributed by atoms with van der Waals surface area (Å²) >= 11 is 6.09. The Morgan fingerprint density at radius 3 is 2.46 bits per heavy atom. The molecule has 1 N–H and O–H groups in total. The van der Waals surface area contributed by atoms with Crippen LogP contribution in [0.15, 0.2) is 39.8 Å². The summed E-state index contributed by atoms with van der Waals surface area (Å²) < 4.78 is 31.6. The largest absolute Gasteiger partial charge is 0.469 e. The molecule has 0 aliphatic heterocycles. The molecule has 1 heterocycles. The van der Waals surface area contributed by atoms with E-state index in [9.17, 15) is 13.2 Å². The fourth-order valence-electron chi connectivity index (χ4n) is 2.28. The molecule has 0 aliphatic carbocycles. The van der Waals surface area contributed by atoms with Gasteiger partial charge >= 0.3 is 0 Å². The van der Waals surface area contributed by atoms with Gasteiger partial charge in [0.15, 0.2) is 0 Å². The van der Waals surface area contributed by atoms with Crippen molar-refractivity contribution < 1.29 is 17.6 Å². The van der Waals surface area contributed by atoms with Crippen molar-refractivity contribution in [3.05, 3.63) is 46.9 Å². The number of hydrogen-bond donors (Lipinski definition) is 1. The number of anilines is 1. The van der Waals surface area contributed by atoms with Crippen LogP contribution in [0.5, 0.6) is 0 Å². The predicted molar refractivity (Wildman–Crippen MR) is 93.0 cm³/mol. The minimum absolute atomic E-state index is 0.0785. The summed E-state index contributed by atoms with van der Waals surface area (Å²) in [7, 11) is -3.63. The Bertz CT molecular complexity index is 842. The molecular formula is C16H19ClN2O4S. The number of amides is 1. The van der Waals surface area contributed by atoms with Crippen LogP contribution >= 0.6 is 11.6 Å². The summed E-state index contributed by atoms with van der Waals surface area (Å²) in [6.07, 6.45) is 1.41. The normalized spacial score (nSPS) is 11.7. The van der Waals surface area contributed by atoms with Gasteiger partial charge in [0.25, 0.3) is 5.91 Å². The molecule has 0 saturated heterocycles. The Labute approximate surface area is 146 Å². The quantitative estimate of drug-likeness (QED) is 0.843. The molecule has 1 amide bonds. The smallest absolute Gasteiger partial charge is 0.259 e. The van der Waals surface area contributed by atoms with Crippen molar-refractivity contribution in [1.29, 1.82) is 0 Å². The average molecular weight is 371 g/mol. The molecule has 0 aliphatic rings. The van der Waals surface area contributed by atoms with Gasteiger partial charge in [-0.2, -0.15) is 4.31 Å². The molecule has 1 aromatic heterocycles. The number of carbonyl (C=O) groups is 1. The highest BCUT2D eigenvalue weighted by Crippen LogP contribution is 2.27. The van der Waals surface area contributed by atoms with Gasteiger partial charge in [0.1, 0.15) is 5.76 Å². The molecule has 1 aromatic carbocycles. The van der Waals surface area contributed by atoms with E-state index in [0.717, 1.165) is 0 Å². The van der Waals surface area contributed by atoms with E-state index in [0.29, 0.717) is 24.4 Å². The van der Waals surface area contributed by atoms with Crippen molar-refractivity contribution in [2.45, 2.75) is 25.7 Å². The SMILES string of the molecule is CCN(CC)S(=O)(=O)c1ccc(Cl)c(NC(=O)c2ccoc2C)c1. The lowest BCUT2D eigenvalue weighted by atomic mass is 10.2. The molecule has 0 atom stereocenters. The lowest BCUT2D eigenvalue weighted by molar-refractivity contribution is 0.102. The summed E-state index contributed by atoms with van der Waals surface area (Å²) in [4.78, 5) is 12.3. The van der Waals surface area contributed by atoms with E-state index >= 15 is 0 Å². The number of nitrogens with one attached hydrogen (secondary N) is 1. The molecule has 24 heavy (non-hydrogen) atoms. The van der Waals surface area contributed by atoms with Gasteiger partial charge < -0.3 is 9.73 Å². The number of nitrogens with zero attached hydrogens (tertiary/aromatic N) is 1. The molecule has 6 nitrogen and oxygen atoms in total. The molecule has 0 bridgehead atoms. The Hall–Kier alpha value is -1.83. The number of carbonyl (C=O) groups excluding carboxylic acids is 1. The molecule has 0 fully saturated rings. The van der Waals surface area contributed by atoms with Crippen LogP contribution in [-0.4, -0.2) is 31.7 Å². The molecule has 0 radical (unpaired) electrons. The van der Waals surface area contributed by atoms with E-state index in [4.69, 9.17) is 16.0 Å². The number of hydrogen-bond acceptors (Lipinski definition) is 4. The maximum atomic E-state index is 12.6. The summed E-state index contributed by atoms with van der Waals surface area (Å²) in [5.74, 6) is 0.0519. The first kappa shape index (κ1) is 18.5. The topological polar surface area (TPSA) is 79.6 Å². The third-order valence-corrected chi connectivity index (χ3v) is 6.01. The molecule has 2 aromatic rings. The van der Waals surface area contributed by atoms with Gasteiger partial charge in [-0.15, -0.1) is 0 Å². The predicted octanol–water partition coefficient (Wildman–Crippen LogP) is 3.52. The van der Waals surface area contributed by atoms with Crippen LogP contribution in [0, 0.1) is 6.92 Å². The van der Waals surface area contributed by atoms with E-state index in [1.165, 1.54) is 34.8 Å². The van der Waals surface area contributed by atoms with Crippen molar-refractivity contribution in [3.63, 3.8) is 0 Å². The van der Waals surface area contributed by atoms with Crippen LogP contribution in [0.4, 0.5) is 5.69 Å². The summed E-state index contributed by atoms with van der Waals surface area (Å²) in [5.41, 5.74) is 0.596. The summed E-state index contributed by atoms with van der Waals surface area (Å²) in [6.45, 7) is 5.91.